The van der Waals surface area contributed by atoms with Crippen LogP contribution in [0.3, 0.4) is 0 Å². The van der Waals surface area contributed by atoms with Crippen LogP contribution >= 0.6 is 11.6 Å². The first-order chi connectivity index (χ1) is 8.13. The molecule has 90 valence electrons. The summed E-state index contributed by atoms with van der Waals surface area (Å²) in [5.74, 6) is -1.33. The first-order valence-electron chi connectivity index (χ1n) is 5.05. The van der Waals surface area contributed by atoms with E-state index in [1.807, 2.05) is 0 Å². The van der Waals surface area contributed by atoms with Crippen molar-refractivity contribution in [3.63, 3.8) is 0 Å². The van der Waals surface area contributed by atoms with Crippen LogP contribution in [0.5, 0.6) is 0 Å². The van der Waals surface area contributed by atoms with E-state index >= 15 is 0 Å². The third kappa shape index (κ3) is 4.70. The zero-order valence-corrected chi connectivity index (χ0v) is 9.96. The van der Waals surface area contributed by atoms with Gasteiger partial charge in [-0.2, -0.15) is 0 Å². The predicted molar refractivity (Wildman–Crippen MR) is 66.5 cm³/mol. The molecule has 17 heavy (non-hydrogen) atoms. The maximum atomic E-state index is 11.3. The highest BCUT2D eigenvalue weighted by Crippen LogP contribution is 2.08. The minimum absolute atomic E-state index is 0.271. The van der Waals surface area contributed by atoms with Crippen molar-refractivity contribution in [1.82, 2.24) is 10.6 Å². The van der Waals surface area contributed by atoms with E-state index in [0.29, 0.717) is 5.02 Å². The summed E-state index contributed by atoms with van der Waals surface area (Å²) in [5.41, 5.74) is 0.874. The fraction of sp³-hybridized carbons (Fsp3) is 0.167. The number of halogens is 1. The molecule has 0 radical (unpaired) electrons. The summed E-state index contributed by atoms with van der Waals surface area (Å²) in [6, 6.07) is 7.01. The van der Waals surface area contributed by atoms with E-state index in [9.17, 15) is 9.59 Å². The molecule has 1 aromatic carbocycles. The van der Waals surface area contributed by atoms with E-state index < -0.39 is 11.8 Å². The molecule has 5 heteroatoms. The van der Waals surface area contributed by atoms with Gasteiger partial charge in [-0.3, -0.25) is 9.59 Å². The van der Waals surface area contributed by atoms with Crippen molar-refractivity contribution >= 4 is 23.4 Å². The summed E-state index contributed by atoms with van der Waals surface area (Å²) in [6.07, 6.45) is 1.50. The van der Waals surface area contributed by atoms with Gasteiger partial charge in [0.15, 0.2) is 0 Å². The molecule has 0 bridgehead atoms. The second-order valence-corrected chi connectivity index (χ2v) is 3.74. The Balaban J connectivity index is 2.40. The number of rotatable bonds is 4. The Morgan fingerprint density at radius 3 is 2.35 bits per heavy atom. The number of nitrogens with one attached hydrogen (secondary N) is 2. The first-order valence-corrected chi connectivity index (χ1v) is 5.42. The molecule has 0 aromatic heterocycles. The van der Waals surface area contributed by atoms with Crippen molar-refractivity contribution in [2.24, 2.45) is 0 Å². The van der Waals surface area contributed by atoms with Gasteiger partial charge in [-0.15, -0.1) is 6.58 Å². The molecule has 0 saturated heterocycles. The highest BCUT2D eigenvalue weighted by atomic mass is 35.5. The smallest absolute Gasteiger partial charge is 0.309 e. The molecule has 0 aliphatic rings. The molecule has 0 aliphatic carbocycles. The van der Waals surface area contributed by atoms with Crippen LogP contribution in [0, 0.1) is 0 Å². The van der Waals surface area contributed by atoms with Gasteiger partial charge in [0.05, 0.1) is 0 Å². The third-order valence-electron chi connectivity index (χ3n) is 1.98. The maximum absolute atomic E-state index is 11.3. The lowest BCUT2D eigenvalue weighted by Gasteiger charge is -2.05. The Morgan fingerprint density at radius 1 is 1.18 bits per heavy atom. The summed E-state index contributed by atoms with van der Waals surface area (Å²) in [5, 5.41) is 5.51. The minimum atomic E-state index is -0.668. The van der Waals surface area contributed by atoms with E-state index in [0.717, 1.165) is 5.56 Å². The Hall–Kier alpha value is -1.81. The number of hydrogen-bond acceptors (Lipinski definition) is 2. The minimum Gasteiger partial charge on any atom is -0.344 e. The summed E-state index contributed by atoms with van der Waals surface area (Å²) < 4.78 is 0. The number of hydrogen-bond donors (Lipinski definition) is 2. The van der Waals surface area contributed by atoms with Crippen LogP contribution in [-0.2, 0) is 16.1 Å². The largest absolute Gasteiger partial charge is 0.344 e. The van der Waals surface area contributed by atoms with Crippen molar-refractivity contribution in [3.05, 3.63) is 47.5 Å². The molecule has 2 amide bonds. The zero-order chi connectivity index (χ0) is 12.7. The van der Waals surface area contributed by atoms with E-state index in [1.165, 1.54) is 6.08 Å². The summed E-state index contributed by atoms with van der Waals surface area (Å²) >= 11 is 5.72. The predicted octanol–water partition coefficient (Wildman–Crippen LogP) is 1.26. The van der Waals surface area contributed by atoms with E-state index in [4.69, 9.17) is 11.6 Å². The molecule has 0 saturated carbocycles. The van der Waals surface area contributed by atoms with Gasteiger partial charge in [-0.25, -0.2) is 0 Å². The topological polar surface area (TPSA) is 58.2 Å². The van der Waals surface area contributed by atoms with Crippen LogP contribution in [0.4, 0.5) is 0 Å². The molecule has 0 heterocycles. The monoisotopic (exact) mass is 252 g/mol. The van der Waals surface area contributed by atoms with Crippen molar-refractivity contribution in [1.29, 1.82) is 0 Å². The molecular formula is C12H13ClN2O2. The number of carbonyl (C=O) groups excluding carboxylic acids is 2. The number of carbonyl (C=O) groups is 2. The van der Waals surface area contributed by atoms with Crippen molar-refractivity contribution < 1.29 is 9.59 Å². The highest BCUT2D eigenvalue weighted by molar-refractivity contribution is 6.35. The van der Waals surface area contributed by atoms with Gasteiger partial charge in [0.25, 0.3) is 0 Å². The summed E-state index contributed by atoms with van der Waals surface area (Å²) in [7, 11) is 0. The second-order valence-electron chi connectivity index (χ2n) is 3.31. The van der Waals surface area contributed by atoms with Gasteiger partial charge in [-0.05, 0) is 17.7 Å². The molecule has 1 aromatic rings. The number of benzene rings is 1. The van der Waals surface area contributed by atoms with Crippen LogP contribution in [0.2, 0.25) is 5.02 Å². The summed E-state index contributed by atoms with van der Waals surface area (Å²) in [4.78, 5) is 22.5. The van der Waals surface area contributed by atoms with Gasteiger partial charge in [0, 0.05) is 18.1 Å². The molecule has 0 aliphatic heterocycles. The van der Waals surface area contributed by atoms with E-state index in [1.54, 1.807) is 24.3 Å². The quantitative estimate of drug-likeness (QED) is 0.626. The van der Waals surface area contributed by atoms with E-state index in [2.05, 4.69) is 17.2 Å². The average molecular weight is 253 g/mol. The van der Waals surface area contributed by atoms with Crippen molar-refractivity contribution in [2.75, 3.05) is 6.54 Å². The Bertz CT molecular complexity index is 415. The lowest BCUT2D eigenvalue weighted by molar-refractivity contribution is -0.139. The Kier molecular flexibility index (Phi) is 5.23. The molecule has 0 unspecified atom stereocenters. The van der Waals surface area contributed by atoms with Crippen LogP contribution in [0.1, 0.15) is 5.56 Å². The third-order valence-corrected chi connectivity index (χ3v) is 2.23. The fourth-order valence-electron chi connectivity index (χ4n) is 1.11. The standard InChI is InChI=1S/C12H13ClN2O2/c1-2-7-14-11(16)12(17)15-8-9-3-5-10(13)6-4-9/h2-6H,1,7-8H2,(H,14,16)(H,15,17). The van der Waals surface area contributed by atoms with E-state index in [-0.39, 0.29) is 13.1 Å². The van der Waals surface area contributed by atoms with Crippen LogP contribution in [0.15, 0.2) is 36.9 Å². The fourth-order valence-corrected chi connectivity index (χ4v) is 1.24. The molecule has 0 spiro atoms. The van der Waals surface area contributed by atoms with Gasteiger partial charge >= 0.3 is 11.8 Å². The molecule has 2 N–H and O–H groups in total. The molecule has 0 atom stereocenters. The highest BCUT2D eigenvalue weighted by Gasteiger charge is 2.11. The SMILES string of the molecule is C=CCNC(=O)C(=O)NCc1ccc(Cl)cc1. The Morgan fingerprint density at radius 2 is 1.76 bits per heavy atom. The van der Waals surface area contributed by atoms with Gasteiger partial charge in [-0.1, -0.05) is 29.8 Å². The number of amides is 2. The van der Waals surface area contributed by atoms with Crippen LogP contribution in [0.25, 0.3) is 0 Å². The lowest BCUT2D eigenvalue weighted by atomic mass is 10.2. The normalized spacial score (nSPS) is 9.47. The van der Waals surface area contributed by atoms with Crippen LogP contribution in [-0.4, -0.2) is 18.4 Å². The molecule has 4 nitrogen and oxygen atoms in total. The van der Waals surface area contributed by atoms with Crippen molar-refractivity contribution in [3.8, 4) is 0 Å². The summed E-state index contributed by atoms with van der Waals surface area (Å²) in [6.45, 7) is 4.00. The zero-order valence-electron chi connectivity index (χ0n) is 9.20. The maximum Gasteiger partial charge on any atom is 0.309 e. The molecule has 0 fully saturated rings. The van der Waals surface area contributed by atoms with Crippen LogP contribution < -0.4 is 10.6 Å². The van der Waals surface area contributed by atoms with Gasteiger partial charge in [0.2, 0.25) is 0 Å². The first kappa shape index (κ1) is 13.3. The lowest BCUT2D eigenvalue weighted by Crippen LogP contribution is -2.39. The van der Waals surface area contributed by atoms with Gasteiger partial charge < -0.3 is 10.6 Å². The molecular weight excluding hydrogens is 240 g/mol. The molecule has 1 rings (SSSR count). The van der Waals surface area contributed by atoms with Gasteiger partial charge in [0.1, 0.15) is 0 Å². The second kappa shape index (κ2) is 6.70. The van der Waals surface area contributed by atoms with Crippen molar-refractivity contribution in [2.45, 2.75) is 6.54 Å². The Labute approximate surface area is 105 Å². The average Bonchev–Trinajstić information content (AvgIpc) is 2.34.